The molecule has 0 radical (unpaired) electrons. The molecule has 0 bridgehead atoms. The van der Waals surface area contributed by atoms with Gasteiger partial charge < -0.3 is 14.2 Å². The van der Waals surface area contributed by atoms with E-state index in [1.165, 1.54) is 4.68 Å². The molecule has 0 unspecified atom stereocenters. The topological polar surface area (TPSA) is 105 Å². The van der Waals surface area contributed by atoms with Crippen LogP contribution in [0.2, 0.25) is 0 Å². The number of ether oxygens (including phenoxy) is 3. The van der Waals surface area contributed by atoms with Gasteiger partial charge in [-0.25, -0.2) is 8.42 Å². The number of sulfone groups is 1. The van der Waals surface area contributed by atoms with Crippen LogP contribution in [0.15, 0.2) is 63.3 Å². The van der Waals surface area contributed by atoms with E-state index in [1.807, 2.05) is 30.3 Å². The van der Waals surface area contributed by atoms with Crippen molar-refractivity contribution in [3.8, 4) is 17.2 Å². The zero-order chi connectivity index (χ0) is 23.7. The van der Waals surface area contributed by atoms with Crippen molar-refractivity contribution in [2.45, 2.75) is 24.6 Å². The monoisotopic (exact) mass is 584 g/mol. The van der Waals surface area contributed by atoms with Crippen molar-refractivity contribution in [1.29, 1.82) is 0 Å². The zero-order valence-corrected chi connectivity index (χ0v) is 21.3. The van der Waals surface area contributed by atoms with Crippen molar-refractivity contribution in [2.24, 2.45) is 0 Å². The Bertz CT molecular complexity index is 1180. The number of aromatic nitrogens is 4. The molecule has 3 rings (SSSR count). The van der Waals surface area contributed by atoms with Gasteiger partial charge in [0.1, 0.15) is 0 Å². The van der Waals surface area contributed by atoms with Crippen molar-refractivity contribution in [2.75, 3.05) is 26.6 Å². The van der Waals surface area contributed by atoms with E-state index in [2.05, 4.69) is 38.1 Å². The minimum atomic E-state index is -3.62. The number of methoxy groups -OCH3 is 2. The van der Waals surface area contributed by atoms with Gasteiger partial charge in [0, 0.05) is 3.58 Å². The van der Waals surface area contributed by atoms with Crippen LogP contribution in [-0.4, -0.2) is 55.2 Å². The number of hydrogen-bond donors (Lipinski definition) is 0. The third-order valence-electron chi connectivity index (χ3n) is 4.66. The van der Waals surface area contributed by atoms with Gasteiger partial charge in [-0.15, -0.1) is 0 Å². The van der Waals surface area contributed by atoms with E-state index in [0.29, 0.717) is 43.2 Å². The van der Waals surface area contributed by atoms with Crippen molar-refractivity contribution in [3.05, 3.63) is 63.8 Å². The van der Waals surface area contributed by atoms with Crippen LogP contribution >= 0.6 is 22.6 Å². The second-order valence-corrected chi connectivity index (χ2v) is 10.4. The minimum Gasteiger partial charge on any atom is -0.493 e. The number of allylic oxidation sites excluding steroid dienone is 1. The first-order valence-electron chi connectivity index (χ1n) is 10.1. The van der Waals surface area contributed by atoms with E-state index in [9.17, 15) is 8.42 Å². The average molecular weight is 584 g/mol. The molecule has 0 aliphatic carbocycles. The molecule has 0 amide bonds. The maximum atomic E-state index is 12.7. The molecule has 0 spiro atoms. The highest BCUT2D eigenvalue weighted by molar-refractivity contribution is 14.1. The van der Waals surface area contributed by atoms with Crippen LogP contribution in [0.1, 0.15) is 18.4 Å². The van der Waals surface area contributed by atoms with Gasteiger partial charge in [0.05, 0.1) is 38.9 Å². The Labute approximate surface area is 206 Å². The maximum absolute atomic E-state index is 12.7. The predicted octanol–water partition coefficient (Wildman–Crippen LogP) is 3.77. The predicted molar refractivity (Wildman–Crippen MR) is 132 cm³/mol. The van der Waals surface area contributed by atoms with Gasteiger partial charge in [0.25, 0.3) is 5.16 Å². The quantitative estimate of drug-likeness (QED) is 0.234. The van der Waals surface area contributed by atoms with Gasteiger partial charge in [-0.1, -0.05) is 35.4 Å². The molecular weight excluding hydrogens is 559 g/mol. The first-order valence-corrected chi connectivity index (χ1v) is 12.9. The van der Waals surface area contributed by atoms with Crippen LogP contribution in [0.4, 0.5) is 0 Å². The Morgan fingerprint density at radius 3 is 2.58 bits per heavy atom. The zero-order valence-electron chi connectivity index (χ0n) is 18.3. The van der Waals surface area contributed by atoms with E-state index in [1.54, 1.807) is 38.5 Å². The Hall–Kier alpha value is -2.51. The molecule has 9 nitrogen and oxygen atoms in total. The summed E-state index contributed by atoms with van der Waals surface area (Å²) in [4.78, 5) is 0. The van der Waals surface area contributed by atoms with Crippen molar-refractivity contribution < 1.29 is 22.6 Å². The van der Waals surface area contributed by atoms with Gasteiger partial charge in [0.2, 0.25) is 9.84 Å². The molecule has 0 aliphatic heterocycles. The summed E-state index contributed by atoms with van der Waals surface area (Å²) in [6.45, 7) is 0.866. The van der Waals surface area contributed by atoms with E-state index in [0.717, 1.165) is 9.14 Å². The number of benzene rings is 2. The lowest BCUT2D eigenvalue weighted by Crippen LogP contribution is -2.14. The number of hydrogen-bond acceptors (Lipinski definition) is 8. The number of unbranched alkanes of at least 4 members (excludes halogenated alkanes) is 1. The molecule has 11 heteroatoms. The average Bonchev–Trinajstić information content (AvgIpc) is 3.33. The van der Waals surface area contributed by atoms with Crippen LogP contribution in [0.25, 0.3) is 5.69 Å². The summed E-state index contributed by atoms with van der Waals surface area (Å²) in [5.74, 6) is 1.28. The summed E-state index contributed by atoms with van der Waals surface area (Å²) in [6.07, 6.45) is 3.03. The Balaban J connectivity index is 1.47. The van der Waals surface area contributed by atoms with E-state index in [4.69, 9.17) is 14.2 Å². The third kappa shape index (κ3) is 6.98. The fourth-order valence-corrected chi connectivity index (χ4v) is 4.85. The van der Waals surface area contributed by atoms with Crippen LogP contribution < -0.4 is 9.47 Å². The van der Waals surface area contributed by atoms with Gasteiger partial charge in [-0.2, -0.15) is 4.68 Å². The first-order chi connectivity index (χ1) is 15.9. The van der Waals surface area contributed by atoms with Crippen LogP contribution in [-0.2, 0) is 21.2 Å². The first kappa shape index (κ1) is 25.1. The summed E-state index contributed by atoms with van der Waals surface area (Å²) in [6, 6.07) is 14.6. The summed E-state index contributed by atoms with van der Waals surface area (Å²) < 4.78 is 44.0. The van der Waals surface area contributed by atoms with Gasteiger partial charge in [-0.3, -0.25) is 0 Å². The van der Waals surface area contributed by atoms with Crippen molar-refractivity contribution >= 4 is 32.4 Å². The molecule has 33 heavy (non-hydrogen) atoms. The van der Waals surface area contributed by atoms with E-state index >= 15 is 0 Å². The fourth-order valence-electron chi connectivity index (χ4n) is 3.02. The van der Waals surface area contributed by atoms with Gasteiger partial charge in [-0.05, 0) is 75.7 Å². The maximum Gasteiger partial charge on any atom is 0.272 e. The highest BCUT2D eigenvalue weighted by Crippen LogP contribution is 2.28. The van der Waals surface area contributed by atoms with Crippen LogP contribution in [0, 0.1) is 0 Å². The molecule has 0 N–H and O–H groups in total. The summed E-state index contributed by atoms with van der Waals surface area (Å²) in [5, 5.41) is 10.9. The molecule has 2 aromatic carbocycles. The summed E-state index contributed by atoms with van der Waals surface area (Å²) in [7, 11) is -0.429. The Kier molecular flexibility index (Phi) is 9.21. The minimum absolute atomic E-state index is 0.0485. The number of para-hydroxylation sites is 1. The largest absolute Gasteiger partial charge is 0.493 e. The molecule has 0 aliphatic rings. The van der Waals surface area contributed by atoms with Crippen LogP contribution in [0.5, 0.6) is 11.5 Å². The molecule has 1 heterocycles. The fraction of sp³-hybridized carbons (Fsp3) is 0.318. The third-order valence-corrected chi connectivity index (χ3v) is 7.05. The van der Waals surface area contributed by atoms with Gasteiger partial charge in [0.15, 0.2) is 11.5 Å². The standard InChI is InChI=1S/C22H25IN4O5S/c1-30-20-12-11-17(14-21(20)31-2)15-32-16-18(23)8-6-7-13-33(28,29)22-24-25-26-27(22)19-9-4-3-5-10-19/h3-5,8-12,14H,6-7,13,15-16H2,1-2H3/b18-8+. The Morgan fingerprint density at radius 2 is 1.85 bits per heavy atom. The SMILES string of the molecule is COc1ccc(COC/C(I)=C\CCCS(=O)(=O)c2nnnn2-c2ccccc2)cc1OC. The van der Waals surface area contributed by atoms with Crippen LogP contribution in [0.3, 0.4) is 0 Å². The lowest BCUT2D eigenvalue weighted by atomic mass is 10.2. The molecule has 0 saturated carbocycles. The second-order valence-electron chi connectivity index (χ2n) is 7.00. The highest BCUT2D eigenvalue weighted by atomic mass is 127. The summed E-state index contributed by atoms with van der Waals surface area (Å²) >= 11 is 2.20. The molecular formula is C22H25IN4O5S. The second kappa shape index (κ2) is 12.1. The molecule has 3 aromatic rings. The van der Waals surface area contributed by atoms with Gasteiger partial charge >= 0.3 is 0 Å². The molecule has 0 fully saturated rings. The molecule has 1 aromatic heterocycles. The number of nitrogens with zero attached hydrogens (tertiary/aromatic N) is 4. The molecule has 176 valence electrons. The number of halogens is 1. The highest BCUT2D eigenvalue weighted by Gasteiger charge is 2.23. The lowest BCUT2D eigenvalue weighted by Gasteiger charge is -2.10. The summed E-state index contributed by atoms with van der Waals surface area (Å²) in [5.41, 5.74) is 1.57. The van der Waals surface area contributed by atoms with E-state index < -0.39 is 9.84 Å². The number of rotatable bonds is 12. The smallest absolute Gasteiger partial charge is 0.272 e. The molecule has 0 atom stereocenters. The van der Waals surface area contributed by atoms with Crippen molar-refractivity contribution in [3.63, 3.8) is 0 Å². The number of tetrazole rings is 1. The van der Waals surface area contributed by atoms with Crippen molar-refractivity contribution in [1.82, 2.24) is 20.2 Å². The molecule has 0 saturated heterocycles. The lowest BCUT2D eigenvalue weighted by molar-refractivity contribution is 0.147. The van der Waals surface area contributed by atoms with E-state index in [-0.39, 0.29) is 10.9 Å². The normalized spacial score (nSPS) is 12.0. The Morgan fingerprint density at radius 1 is 1.09 bits per heavy atom.